The van der Waals surface area contributed by atoms with Crippen LogP contribution in [0.15, 0.2) is 22.7 Å². The zero-order chi connectivity index (χ0) is 18.6. The highest BCUT2D eigenvalue weighted by Crippen LogP contribution is 2.23. The number of likely N-dealkylation sites (N-methyl/N-ethyl adjacent to an activating group) is 1. The fourth-order valence-electron chi connectivity index (χ4n) is 3.48. The highest BCUT2D eigenvalue weighted by Gasteiger charge is 2.29. The predicted molar refractivity (Wildman–Crippen MR) is 105 cm³/mol. The van der Waals surface area contributed by atoms with Crippen LogP contribution in [-0.2, 0) is 9.59 Å². The van der Waals surface area contributed by atoms with E-state index in [0.29, 0.717) is 0 Å². The molecule has 1 aromatic rings. The number of aryl methyl sites for hydroxylation is 1. The lowest BCUT2D eigenvalue weighted by Crippen LogP contribution is -2.51. The third-order valence-corrected chi connectivity index (χ3v) is 5.26. The fourth-order valence-corrected chi connectivity index (χ4v) is 3.96. The number of amides is 2. The summed E-state index contributed by atoms with van der Waals surface area (Å²) in [7, 11) is 1.81. The molecular formula is C19H28BrN3O2. The van der Waals surface area contributed by atoms with Crippen LogP contribution in [0.1, 0.15) is 38.7 Å². The van der Waals surface area contributed by atoms with Crippen molar-refractivity contribution in [3.8, 4) is 0 Å². The number of likely N-dealkylation sites (tertiary alicyclic amines) is 1. The van der Waals surface area contributed by atoms with Gasteiger partial charge in [-0.05, 0) is 70.8 Å². The van der Waals surface area contributed by atoms with Crippen molar-refractivity contribution in [3.05, 3.63) is 28.2 Å². The molecule has 2 atom stereocenters. The van der Waals surface area contributed by atoms with Crippen LogP contribution < -0.4 is 5.32 Å². The van der Waals surface area contributed by atoms with E-state index >= 15 is 0 Å². The Morgan fingerprint density at radius 2 is 1.88 bits per heavy atom. The van der Waals surface area contributed by atoms with Crippen LogP contribution in [0.25, 0.3) is 0 Å². The second-order valence-electron chi connectivity index (χ2n) is 7.11. The van der Waals surface area contributed by atoms with Gasteiger partial charge in [-0.2, -0.15) is 0 Å². The molecule has 1 fully saturated rings. The molecule has 2 amide bonds. The molecule has 1 aliphatic heterocycles. The Morgan fingerprint density at radius 1 is 1.24 bits per heavy atom. The SMILES string of the molecule is Cc1cc(Br)ccc1NC(=O)CN(C)CC(=O)N1[C@@H](C)CCC[C@@H]1C. The monoisotopic (exact) mass is 409 g/mol. The molecule has 1 aliphatic rings. The topological polar surface area (TPSA) is 52.7 Å². The van der Waals surface area contributed by atoms with Gasteiger partial charge in [0, 0.05) is 22.2 Å². The summed E-state index contributed by atoms with van der Waals surface area (Å²) in [5.41, 5.74) is 1.80. The Morgan fingerprint density at radius 3 is 2.48 bits per heavy atom. The Hall–Kier alpha value is -1.40. The number of benzene rings is 1. The third kappa shape index (κ3) is 5.54. The molecule has 1 heterocycles. The van der Waals surface area contributed by atoms with Gasteiger partial charge in [0.1, 0.15) is 0 Å². The summed E-state index contributed by atoms with van der Waals surface area (Å²) < 4.78 is 0.982. The molecule has 1 N–H and O–H groups in total. The van der Waals surface area contributed by atoms with Crippen molar-refractivity contribution in [2.24, 2.45) is 0 Å². The summed E-state index contributed by atoms with van der Waals surface area (Å²) >= 11 is 3.41. The van der Waals surface area contributed by atoms with Crippen LogP contribution >= 0.6 is 15.9 Å². The number of hydrogen-bond acceptors (Lipinski definition) is 3. The summed E-state index contributed by atoms with van der Waals surface area (Å²) in [5.74, 6) is -0.00437. The Labute approximate surface area is 158 Å². The highest BCUT2D eigenvalue weighted by molar-refractivity contribution is 9.10. The number of nitrogens with zero attached hydrogens (tertiary/aromatic N) is 2. The van der Waals surface area contributed by atoms with Crippen LogP contribution in [0.2, 0.25) is 0 Å². The van der Waals surface area contributed by atoms with Gasteiger partial charge in [0.2, 0.25) is 11.8 Å². The lowest BCUT2D eigenvalue weighted by molar-refractivity contribution is -0.138. The average molecular weight is 410 g/mol. The van der Waals surface area contributed by atoms with Crippen LogP contribution in [0.3, 0.4) is 0 Å². The first-order valence-electron chi connectivity index (χ1n) is 8.83. The number of rotatable bonds is 5. The molecular weight excluding hydrogens is 382 g/mol. The van der Waals surface area contributed by atoms with Gasteiger partial charge >= 0.3 is 0 Å². The number of carbonyl (C=O) groups is 2. The number of nitrogens with one attached hydrogen (secondary N) is 1. The molecule has 0 unspecified atom stereocenters. The Kier molecular flexibility index (Phi) is 7.02. The van der Waals surface area contributed by atoms with Gasteiger partial charge in [-0.15, -0.1) is 0 Å². The average Bonchev–Trinajstić information content (AvgIpc) is 2.49. The molecule has 25 heavy (non-hydrogen) atoms. The van der Waals surface area contributed by atoms with Gasteiger partial charge < -0.3 is 10.2 Å². The summed E-state index contributed by atoms with van der Waals surface area (Å²) in [6, 6.07) is 6.30. The lowest BCUT2D eigenvalue weighted by atomic mass is 9.97. The van der Waals surface area contributed by atoms with Crippen molar-refractivity contribution in [1.82, 2.24) is 9.80 Å². The molecule has 0 aromatic heterocycles. The van der Waals surface area contributed by atoms with Crippen molar-refractivity contribution in [3.63, 3.8) is 0 Å². The minimum absolute atomic E-state index is 0.106. The number of carbonyl (C=O) groups excluding carboxylic acids is 2. The zero-order valence-electron chi connectivity index (χ0n) is 15.5. The van der Waals surface area contributed by atoms with E-state index in [1.807, 2.05) is 37.1 Å². The molecule has 6 heteroatoms. The normalized spacial score (nSPS) is 20.6. The Balaban J connectivity index is 1.87. The second kappa shape index (κ2) is 8.81. The van der Waals surface area contributed by atoms with Crippen LogP contribution in [-0.4, -0.2) is 53.8 Å². The van der Waals surface area contributed by atoms with Gasteiger partial charge in [-0.1, -0.05) is 15.9 Å². The molecule has 1 saturated heterocycles. The lowest BCUT2D eigenvalue weighted by Gasteiger charge is -2.39. The first-order valence-corrected chi connectivity index (χ1v) is 9.63. The van der Waals surface area contributed by atoms with Crippen LogP contribution in [0.5, 0.6) is 0 Å². The minimum atomic E-state index is -0.111. The van der Waals surface area contributed by atoms with Crippen molar-refractivity contribution < 1.29 is 9.59 Å². The van der Waals surface area contributed by atoms with Gasteiger partial charge in [-0.3, -0.25) is 14.5 Å². The van der Waals surface area contributed by atoms with Crippen molar-refractivity contribution in [2.75, 3.05) is 25.5 Å². The molecule has 0 spiro atoms. The standard InChI is InChI=1S/C19H28BrN3O2/c1-13-10-16(20)8-9-17(13)21-18(24)11-22(4)12-19(25)23-14(2)6-5-7-15(23)3/h8-10,14-15H,5-7,11-12H2,1-4H3,(H,21,24)/t14-,15-/m0/s1. The van der Waals surface area contributed by atoms with Gasteiger partial charge in [0.05, 0.1) is 13.1 Å². The van der Waals surface area contributed by atoms with Crippen LogP contribution in [0.4, 0.5) is 5.69 Å². The number of halogens is 1. The van der Waals surface area contributed by atoms with Crippen molar-refractivity contribution in [1.29, 1.82) is 0 Å². The maximum Gasteiger partial charge on any atom is 0.238 e. The quantitative estimate of drug-likeness (QED) is 0.810. The first kappa shape index (κ1) is 19.9. The third-order valence-electron chi connectivity index (χ3n) is 4.76. The molecule has 0 saturated carbocycles. The smallest absolute Gasteiger partial charge is 0.238 e. The largest absolute Gasteiger partial charge is 0.336 e. The molecule has 0 bridgehead atoms. The molecule has 5 nitrogen and oxygen atoms in total. The fraction of sp³-hybridized carbons (Fsp3) is 0.579. The van der Waals surface area contributed by atoms with Crippen molar-refractivity contribution >= 4 is 33.4 Å². The second-order valence-corrected chi connectivity index (χ2v) is 8.03. The minimum Gasteiger partial charge on any atom is -0.336 e. The van der Waals surface area contributed by atoms with E-state index < -0.39 is 0 Å². The summed E-state index contributed by atoms with van der Waals surface area (Å²) in [4.78, 5) is 28.6. The summed E-state index contributed by atoms with van der Waals surface area (Å²) in [6.45, 7) is 6.62. The van der Waals surface area contributed by atoms with Gasteiger partial charge in [0.25, 0.3) is 0 Å². The predicted octanol–water partition coefficient (Wildman–Crippen LogP) is 3.42. The van der Waals surface area contributed by atoms with Crippen LogP contribution in [0, 0.1) is 6.92 Å². The van der Waals surface area contributed by atoms with E-state index in [1.165, 1.54) is 6.42 Å². The molecule has 0 radical (unpaired) electrons. The molecule has 138 valence electrons. The molecule has 1 aromatic carbocycles. The number of piperidine rings is 1. The maximum absolute atomic E-state index is 12.6. The van der Waals surface area contributed by atoms with E-state index in [0.717, 1.165) is 28.6 Å². The van der Waals surface area contributed by atoms with E-state index in [1.54, 1.807) is 4.90 Å². The Bertz CT molecular complexity index is 625. The van der Waals surface area contributed by atoms with Gasteiger partial charge in [0.15, 0.2) is 0 Å². The van der Waals surface area contributed by atoms with E-state index in [-0.39, 0.29) is 37.0 Å². The van der Waals surface area contributed by atoms with E-state index in [2.05, 4.69) is 35.1 Å². The number of hydrogen-bond donors (Lipinski definition) is 1. The first-order chi connectivity index (χ1) is 11.8. The highest BCUT2D eigenvalue weighted by atomic mass is 79.9. The maximum atomic E-state index is 12.6. The molecule has 2 rings (SSSR count). The van der Waals surface area contributed by atoms with Crippen molar-refractivity contribution in [2.45, 2.75) is 52.1 Å². The summed E-state index contributed by atoms with van der Waals surface area (Å²) in [5, 5.41) is 2.91. The van der Waals surface area contributed by atoms with E-state index in [4.69, 9.17) is 0 Å². The van der Waals surface area contributed by atoms with E-state index in [9.17, 15) is 9.59 Å². The zero-order valence-corrected chi connectivity index (χ0v) is 17.1. The number of anilines is 1. The van der Waals surface area contributed by atoms with Gasteiger partial charge in [-0.25, -0.2) is 0 Å². The summed E-state index contributed by atoms with van der Waals surface area (Å²) in [6.07, 6.45) is 3.29. The molecule has 0 aliphatic carbocycles.